The van der Waals surface area contributed by atoms with Crippen LogP contribution in [0, 0.1) is 10.1 Å². The monoisotopic (exact) mass is 382 g/mol. The van der Waals surface area contributed by atoms with Crippen molar-refractivity contribution in [1.82, 2.24) is 9.80 Å². The van der Waals surface area contributed by atoms with E-state index in [9.17, 15) is 14.9 Å². The van der Waals surface area contributed by atoms with Gasteiger partial charge in [0, 0.05) is 57.6 Å². The Hall–Kier alpha value is -2.93. The number of piperazine rings is 1. The number of rotatable bonds is 6. The van der Waals surface area contributed by atoms with Crippen LogP contribution < -0.4 is 4.90 Å². The summed E-state index contributed by atoms with van der Waals surface area (Å²) >= 11 is 0. The van der Waals surface area contributed by atoms with Gasteiger partial charge in [0.05, 0.1) is 11.0 Å². The number of hydrogen-bond acceptors (Lipinski definition) is 5. The van der Waals surface area contributed by atoms with Crippen molar-refractivity contribution in [3.8, 4) is 0 Å². The van der Waals surface area contributed by atoms with Crippen LogP contribution in [0.2, 0.25) is 0 Å². The van der Waals surface area contributed by atoms with Crippen molar-refractivity contribution in [3.05, 3.63) is 70.3 Å². The van der Waals surface area contributed by atoms with E-state index in [1.54, 1.807) is 17.0 Å². The van der Waals surface area contributed by atoms with Crippen molar-refractivity contribution in [2.75, 3.05) is 38.1 Å². The fourth-order valence-electron chi connectivity index (χ4n) is 3.56. The molecule has 1 aliphatic rings. The van der Waals surface area contributed by atoms with Crippen LogP contribution in [0.25, 0.3) is 0 Å². The van der Waals surface area contributed by atoms with Gasteiger partial charge in [-0.15, -0.1) is 0 Å². The lowest BCUT2D eigenvalue weighted by Gasteiger charge is -2.39. The Morgan fingerprint density at radius 2 is 1.68 bits per heavy atom. The average molecular weight is 382 g/mol. The first kappa shape index (κ1) is 19.8. The number of amides is 1. The van der Waals surface area contributed by atoms with Crippen LogP contribution in [0.15, 0.2) is 54.6 Å². The Labute approximate surface area is 165 Å². The average Bonchev–Trinajstić information content (AvgIpc) is 2.73. The second kappa shape index (κ2) is 8.84. The van der Waals surface area contributed by atoms with E-state index in [4.69, 9.17) is 0 Å². The highest BCUT2D eigenvalue weighted by Crippen LogP contribution is 2.21. The van der Waals surface area contributed by atoms with Gasteiger partial charge in [-0.25, -0.2) is 0 Å². The van der Waals surface area contributed by atoms with Crippen LogP contribution in [0.5, 0.6) is 0 Å². The minimum atomic E-state index is -0.388. The Kier molecular flexibility index (Phi) is 6.26. The number of hydrogen-bond donors (Lipinski definition) is 0. The molecule has 1 fully saturated rings. The molecular formula is C21H26N4O3. The molecule has 0 unspecified atom stereocenters. The molecular weight excluding hydrogens is 356 g/mol. The third-order valence-electron chi connectivity index (χ3n) is 5.28. The van der Waals surface area contributed by atoms with Crippen molar-refractivity contribution < 1.29 is 9.72 Å². The van der Waals surface area contributed by atoms with E-state index in [2.05, 4.69) is 9.80 Å². The third-order valence-corrected chi connectivity index (χ3v) is 5.28. The van der Waals surface area contributed by atoms with Gasteiger partial charge < -0.3 is 9.80 Å². The van der Waals surface area contributed by atoms with Crippen LogP contribution in [-0.4, -0.2) is 59.9 Å². The highest BCUT2D eigenvalue weighted by atomic mass is 16.6. The van der Waals surface area contributed by atoms with Crippen LogP contribution in [-0.2, 0) is 11.3 Å². The van der Waals surface area contributed by atoms with Crippen LogP contribution in [0.4, 0.5) is 11.4 Å². The summed E-state index contributed by atoms with van der Waals surface area (Å²) in [5, 5.41) is 10.8. The summed E-state index contributed by atoms with van der Waals surface area (Å²) in [4.78, 5) is 29.4. The maximum Gasteiger partial charge on any atom is 0.269 e. The van der Waals surface area contributed by atoms with Gasteiger partial charge in [-0.1, -0.05) is 30.3 Å². The molecule has 0 radical (unpaired) electrons. The van der Waals surface area contributed by atoms with Crippen LogP contribution in [0.1, 0.15) is 12.5 Å². The minimum absolute atomic E-state index is 0.100. The molecule has 3 rings (SSSR count). The number of benzene rings is 2. The summed E-state index contributed by atoms with van der Waals surface area (Å²) in [6.07, 6.45) is 0. The molecule has 0 aliphatic carbocycles. The minimum Gasteiger partial charge on any atom is -0.369 e. The van der Waals surface area contributed by atoms with E-state index >= 15 is 0 Å². The lowest BCUT2D eigenvalue weighted by atomic mass is 10.1. The first-order chi connectivity index (χ1) is 13.5. The van der Waals surface area contributed by atoms with E-state index in [1.807, 2.05) is 44.3 Å². The maximum atomic E-state index is 12.8. The zero-order chi connectivity index (χ0) is 20.1. The van der Waals surface area contributed by atoms with Gasteiger partial charge in [0.15, 0.2) is 0 Å². The molecule has 7 nitrogen and oxygen atoms in total. The van der Waals surface area contributed by atoms with E-state index in [0.29, 0.717) is 6.54 Å². The highest BCUT2D eigenvalue weighted by molar-refractivity contribution is 5.81. The standard InChI is InChI=1S/C21H26N4O3/c1-17(21(26)22(2)16-18-6-4-3-5-7-18)23-12-14-24(15-13-23)19-8-10-20(11-9-19)25(27)28/h3-11,17H,12-16H2,1-2H3/t17-/m0/s1. The number of likely N-dealkylation sites (N-methyl/N-ethyl adjacent to an activating group) is 1. The fraction of sp³-hybridized carbons (Fsp3) is 0.381. The van der Waals surface area contributed by atoms with Crippen molar-refractivity contribution in [2.24, 2.45) is 0 Å². The SMILES string of the molecule is C[C@@H](C(=O)N(C)Cc1ccccc1)N1CCN(c2ccc([N+](=O)[O-])cc2)CC1. The molecule has 7 heteroatoms. The van der Waals surface area contributed by atoms with E-state index in [0.717, 1.165) is 37.4 Å². The zero-order valence-electron chi connectivity index (χ0n) is 16.3. The summed E-state index contributed by atoms with van der Waals surface area (Å²) in [6.45, 7) is 5.71. The van der Waals surface area contributed by atoms with Gasteiger partial charge in [0.2, 0.25) is 5.91 Å². The van der Waals surface area contributed by atoms with Gasteiger partial charge in [0.25, 0.3) is 5.69 Å². The van der Waals surface area contributed by atoms with Gasteiger partial charge in [-0.2, -0.15) is 0 Å². The summed E-state index contributed by atoms with van der Waals surface area (Å²) in [5.41, 5.74) is 2.20. The Balaban J connectivity index is 1.53. The largest absolute Gasteiger partial charge is 0.369 e. The summed E-state index contributed by atoms with van der Waals surface area (Å²) in [7, 11) is 1.85. The lowest BCUT2D eigenvalue weighted by molar-refractivity contribution is -0.384. The predicted molar refractivity (Wildman–Crippen MR) is 109 cm³/mol. The molecule has 2 aromatic rings. The molecule has 148 valence electrons. The Bertz CT molecular complexity index is 802. The lowest BCUT2D eigenvalue weighted by Crippen LogP contribution is -2.54. The molecule has 1 saturated heterocycles. The summed E-state index contributed by atoms with van der Waals surface area (Å²) < 4.78 is 0. The Morgan fingerprint density at radius 3 is 2.25 bits per heavy atom. The molecule has 1 amide bonds. The molecule has 2 aromatic carbocycles. The van der Waals surface area contributed by atoms with Crippen molar-refractivity contribution in [2.45, 2.75) is 19.5 Å². The molecule has 28 heavy (non-hydrogen) atoms. The van der Waals surface area contributed by atoms with Crippen molar-refractivity contribution in [3.63, 3.8) is 0 Å². The van der Waals surface area contributed by atoms with Crippen LogP contribution >= 0.6 is 0 Å². The second-order valence-electron chi connectivity index (χ2n) is 7.15. The normalized spacial score (nSPS) is 15.9. The maximum absolute atomic E-state index is 12.8. The van der Waals surface area contributed by atoms with E-state index in [-0.39, 0.29) is 22.6 Å². The fourth-order valence-corrected chi connectivity index (χ4v) is 3.56. The number of nitro groups is 1. The van der Waals surface area contributed by atoms with Gasteiger partial charge in [-0.3, -0.25) is 19.8 Å². The number of carbonyl (C=O) groups is 1. The topological polar surface area (TPSA) is 69.9 Å². The molecule has 1 aliphatic heterocycles. The summed E-state index contributed by atoms with van der Waals surface area (Å²) in [6, 6.07) is 16.5. The first-order valence-electron chi connectivity index (χ1n) is 9.48. The first-order valence-corrected chi connectivity index (χ1v) is 9.48. The predicted octanol–water partition coefficient (Wildman–Crippen LogP) is 2.76. The number of nitrogens with zero attached hydrogens (tertiary/aromatic N) is 4. The highest BCUT2D eigenvalue weighted by Gasteiger charge is 2.27. The van der Waals surface area contributed by atoms with Gasteiger partial charge in [-0.05, 0) is 24.6 Å². The zero-order valence-corrected chi connectivity index (χ0v) is 16.3. The Morgan fingerprint density at radius 1 is 1.07 bits per heavy atom. The molecule has 0 spiro atoms. The smallest absolute Gasteiger partial charge is 0.269 e. The number of nitro benzene ring substituents is 1. The quantitative estimate of drug-likeness (QED) is 0.568. The molecule has 0 aromatic heterocycles. The van der Waals surface area contributed by atoms with Crippen molar-refractivity contribution >= 4 is 17.3 Å². The molecule has 1 heterocycles. The second-order valence-corrected chi connectivity index (χ2v) is 7.15. The van der Waals surface area contributed by atoms with E-state index in [1.165, 1.54) is 12.1 Å². The molecule has 0 N–H and O–H groups in total. The van der Waals surface area contributed by atoms with E-state index < -0.39 is 0 Å². The summed E-state index contributed by atoms with van der Waals surface area (Å²) in [5.74, 6) is 0.118. The third kappa shape index (κ3) is 4.67. The van der Waals surface area contributed by atoms with Crippen molar-refractivity contribution in [1.29, 1.82) is 0 Å². The number of anilines is 1. The van der Waals surface area contributed by atoms with Gasteiger partial charge >= 0.3 is 0 Å². The molecule has 0 bridgehead atoms. The van der Waals surface area contributed by atoms with Gasteiger partial charge in [0.1, 0.15) is 0 Å². The molecule has 1 atom stereocenters. The molecule has 0 saturated carbocycles. The number of carbonyl (C=O) groups excluding carboxylic acids is 1. The van der Waals surface area contributed by atoms with Crippen LogP contribution in [0.3, 0.4) is 0 Å². The number of non-ortho nitro benzene ring substituents is 1.